The molecule has 0 bridgehead atoms. The van der Waals surface area contributed by atoms with Gasteiger partial charge in [-0.15, -0.1) is 0 Å². The molecule has 0 fully saturated rings. The molecule has 5 heteroatoms. The summed E-state index contributed by atoms with van der Waals surface area (Å²) in [6.45, 7) is 5.52. The van der Waals surface area contributed by atoms with Crippen molar-refractivity contribution in [1.29, 1.82) is 0 Å². The molecule has 0 aromatic heterocycles. The number of carbonyl (C=O) groups excluding carboxylic acids is 2. The number of aryl methyl sites for hydroxylation is 1. The Bertz CT molecular complexity index is 742. The first-order valence-corrected chi connectivity index (χ1v) is 7.73. The fourth-order valence-electron chi connectivity index (χ4n) is 1.95. The van der Waals surface area contributed by atoms with Crippen molar-refractivity contribution in [1.82, 2.24) is 0 Å². The second kappa shape index (κ2) is 7.29. The van der Waals surface area contributed by atoms with Gasteiger partial charge in [-0.2, -0.15) is 0 Å². The van der Waals surface area contributed by atoms with Crippen LogP contribution in [-0.2, 0) is 4.79 Å². The molecule has 23 heavy (non-hydrogen) atoms. The molecule has 0 atom stereocenters. The summed E-state index contributed by atoms with van der Waals surface area (Å²) in [7, 11) is 0. The molecule has 0 unspecified atom stereocenters. The molecule has 4 nitrogen and oxygen atoms in total. The lowest BCUT2D eigenvalue weighted by Crippen LogP contribution is -2.18. The van der Waals surface area contributed by atoms with Crippen LogP contribution in [0.4, 0.5) is 11.4 Å². The third-order valence-electron chi connectivity index (χ3n) is 3.36. The predicted molar refractivity (Wildman–Crippen MR) is 94.1 cm³/mol. The van der Waals surface area contributed by atoms with Crippen molar-refractivity contribution in [2.45, 2.75) is 20.8 Å². The normalized spacial score (nSPS) is 10.5. The van der Waals surface area contributed by atoms with Crippen LogP contribution in [0.1, 0.15) is 29.8 Å². The van der Waals surface area contributed by atoms with Crippen molar-refractivity contribution >= 4 is 34.8 Å². The Balaban J connectivity index is 2.16. The summed E-state index contributed by atoms with van der Waals surface area (Å²) in [5.41, 5.74) is 2.65. The van der Waals surface area contributed by atoms with E-state index in [-0.39, 0.29) is 17.7 Å². The smallest absolute Gasteiger partial charge is 0.255 e. The Morgan fingerprint density at radius 3 is 2.48 bits per heavy atom. The lowest BCUT2D eigenvalue weighted by molar-refractivity contribution is -0.118. The van der Waals surface area contributed by atoms with Gasteiger partial charge in [0.05, 0.1) is 0 Å². The molecular formula is C18H19ClN2O2. The quantitative estimate of drug-likeness (QED) is 0.867. The molecule has 2 rings (SSSR count). The average Bonchev–Trinajstić information content (AvgIpc) is 2.51. The minimum Gasteiger partial charge on any atom is -0.326 e. The fourth-order valence-corrected chi connectivity index (χ4v) is 2.12. The third kappa shape index (κ3) is 4.57. The number of amides is 2. The first-order valence-electron chi connectivity index (χ1n) is 7.35. The van der Waals surface area contributed by atoms with E-state index in [4.69, 9.17) is 11.6 Å². The van der Waals surface area contributed by atoms with E-state index in [9.17, 15) is 9.59 Å². The van der Waals surface area contributed by atoms with Crippen LogP contribution in [0.15, 0.2) is 42.5 Å². The monoisotopic (exact) mass is 330 g/mol. The second-order valence-corrected chi connectivity index (χ2v) is 6.07. The number of benzene rings is 2. The maximum Gasteiger partial charge on any atom is 0.255 e. The highest BCUT2D eigenvalue weighted by Gasteiger charge is 2.11. The van der Waals surface area contributed by atoms with Crippen molar-refractivity contribution in [3.8, 4) is 0 Å². The van der Waals surface area contributed by atoms with Gasteiger partial charge in [0.1, 0.15) is 0 Å². The van der Waals surface area contributed by atoms with Gasteiger partial charge in [0.15, 0.2) is 0 Å². The standard InChI is InChI=1S/C18H19ClN2O2/c1-11(2)17(22)20-15-6-4-5-13(9-15)18(23)21-16-10-14(19)8-7-12(16)3/h4-11H,1-3H3,(H,20,22)(H,21,23). The summed E-state index contributed by atoms with van der Waals surface area (Å²) < 4.78 is 0. The van der Waals surface area contributed by atoms with Crippen LogP contribution in [-0.4, -0.2) is 11.8 Å². The number of anilines is 2. The average molecular weight is 331 g/mol. The lowest BCUT2D eigenvalue weighted by atomic mass is 10.1. The SMILES string of the molecule is Cc1ccc(Cl)cc1NC(=O)c1cccc(NC(=O)C(C)C)c1. The van der Waals surface area contributed by atoms with Gasteiger partial charge in [-0.1, -0.05) is 37.6 Å². The maximum absolute atomic E-state index is 12.4. The van der Waals surface area contributed by atoms with E-state index in [1.807, 2.05) is 26.8 Å². The zero-order chi connectivity index (χ0) is 17.0. The van der Waals surface area contributed by atoms with Gasteiger partial charge in [-0.3, -0.25) is 9.59 Å². The number of halogens is 1. The molecule has 0 saturated carbocycles. The zero-order valence-electron chi connectivity index (χ0n) is 13.3. The molecule has 0 spiro atoms. The molecule has 0 aliphatic heterocycles. The van der Waals surface area contributed by atoms with Crippen LogP contribution in [0.3, 0.4) is 0 Å². The van der Waals surface area contributed by atoms with Gasteiger partial charge in [-0.25, -0.2) is 0 Å². The van der Waals surface area contributed by atoms with E-state index in [0.717, 1.165) is 5.56 Å². The largest absolute Gasteiger partial charge is 0.326 e. The van der Waals surface area contributed by atoms with Crippen LogP contribution in [0, 0.1) is 12.8 Å². The molecule has 2 aromatic carbocycles. The Hall–Kier alpha value is -2.33. The van der Waals surface area contributed by atoms with Crippen molar-refractivity contribution < 1.29 is 9.59 Å². The highest BCUT2D eigenvalue weighted by molar-refractivity contribution is 6.31. The minimum atomic E-state index is -0.254. The highest BCUT2D eigenvalue weighted by atomic mass is 35.5. The number of carbonyl (C=O) groups is 2. The van der Waals surface area contributed by atoms with E-state index >= 15 is 0 Å². The first kappa shape index (κ1) is 17.0. The Kier molecular flexibility index (Phi) is 5.40. The van der Waals surface area contributed by atoms with Gasteiger partial charge in [0.25, 0.3) is 5.91 Å². The molecule has 120 valence electrons. The van der Waals surface area contributed by atoms with Crippen LogP contribution in [0.25, 0.3) is 0 Å². The summed E-state index contributed by atoms with van der Waals surface area (Å²) in [5.74, 6) is -0.467. The molecule has 0 heterocycles. The van der Waals surface area contributed by atoms with Gasteiger partial charge < -0.3 is 10.6 Å². The maximum atomic E-state index is 12.4. The van der Waals surface area contributed by atoms with Crippen LogP contribution in [0.2, 0.25) is 5.02 Å². The summed E-state index contributed by atoms with van der Waals surface area (Å²) in [6, 6.07) is 12.2. The van der Waals surface area contributed by atoms with Gasteiger partial charge >= 0.3 is 0 Å². The molecule has 2 amide bonds. The zero-order valence-corrected chi connectivity index (χ0v) is 14.1. The first-order chi connectivity index (χ1) is 10.9. The van der Waals surface area contributed by atoms with E-state index in [0.29, 0.717) is 22.0 Å². The Labute approximate surface area is 140 Å². The molecule has 0 saturated heterocycles. The van der Waals surface area contributed by atoms with E-state index < -0.39 is 0 Å². The van der Waals surface area contributed by atoms with Crippen LogP contribution in [0.5, 0.6) is 0 Å². The van der Waals surface area contributed by atoms with Gasteiger partial charge in [0.2, 0.25) is 5.91 Å². The van der Waals surface area contributed by atoms with Crippen molar-refractivity contribution in [3.05, 3.63) is 58.6 Å². The number of hydrogen-bond acceptors (Lipinski definition) is 2. The van der Waals surface area contributed by atoms with E-state index in [2.05, 4.69) is 10.6 Å². The second-order valence-electron chi connectivity index (χ2n) is 5.64. The minimum absolute atomic E-state index is 0.0896. The van der Waals surface area contributed by atoms with Crippen LogP contribution >= 0.6 is 11.6 Å². The summed E-state index contributed by atoms with van der Waals surface area (Å²) in [6.07, 6.45) is 0. The predicted octanol–water partition coefficient (Wildman–Crippen LogP) is 4.50. The summed E-state index contributed by atoms with van der Waals surface area (Å²) in [5, 5.41) is 6.17. The summed E-state index contributed by atoms with van der Waals surface area (Å²) >= 11 is 5.96. The Morgan fingerprint density at radius 1 is 1.04 bits per heavy atom. The molecule has 0 aliphatic carbocycles. The van der Waals surface area contributed by atoms with Crippen molar-refractivity contribution in [2.75, 3.05) is 10.6 Å². The third-order valence-corrected chi connectivity index (χ3v) is 3.60. The molecule has 0 aliphatic rings. The van der Waals surface area contributed by atoms with Crippen molar-refractivity contribution in [3.63, 3.8) is 0 Å². The molecule has 2 aromatic rings. The molecular weight excluding hydrogens is 312 g/mol. The van der Waals surface area contributed by atoms with Crippen molar-refractivity contribution in [2.24, 2.45) is 5.92 Å². The number of hydrogen-bond donors (Lipinski definition) is 2. The number of rotatable bonds is 4. The summed E-state index contributed by atoms with van der Waals surface area (Å²) in [4.78, 5) is 24.1. The van der Waals surface area contributed by atoms with E-state index in [1.54, 1.807) is 36.4 Å². The van der Waals surface area contributed by atoms with Crippen LogP contribution < -0.4 is 10.6 Å². The van der Waals surface area contributed by atoms with Gasteiger partial charge in [-0.05, 0) is 42.8 Å². The number of nitrogens with one attached hydrogen (secondary N) is 2. The van der Waals surface area contributed by atoms with E-state index in [1.165, 1.54) is 0 Å². The fraction of sp³-hybridized carbons (Fsp3) is 0.222. The van der Waals surface area contributed by atoms with Gasteiger partial charge in [0, 0.05) is 27.9 Å². The Morgan fingerprint density at radius 2 is 1.78 bits per heavy atom. The highest BCUT2D eigenvalue weighted by Crippen LogP contribution is 2.21. The molecule has 0 radical (unpaired) electrons. The molecule has 2 N–H and O–H groups in total. The topological polar surface area (TPSA) is 58.2 Å². The lowest BCUT2D eigenvalue weighted by Gasteiger charge is -2.11.